The van der Waals surface area contributed by atoms with Crippen LogP contribution in [0.4, 0.5) is 5.82 Å². The van der Waals surface area contributed by atoms with Gasteiger partial charge >= 0.3 is 0 Å². The van der Waals surface area contributed by atoms with Crippen LogP contribution < -0.4 is 5.32 Å². The van der Waals surface area contributed by atoms with Crippen molar-refractivity contribution >= 4 is 18.5 Å². The first-order valence-electron chi connectivity index (χ1n) is 3.46. The molecule has 1 aromatic rings. The second-order valence-corrected chi connectivity index (χ2v) is 2.17. The summed E-state index contributed by atoms with van der Waals surface area (Å²) in [6.07, 6.45) is 1.69. The second-order valence-electron chi connectivity index (χ2n) is 2.17. The van der Waals surface area contributed by atoms with E-state index in [0.29, 0.717) is 5.96 Å². The van der Waals surface area contributed by atoms with E-state index in [9.17, 15) is 0 Å². The van der Waals surface area contributed by atoms with Crippen LogP contribution in [0.2, 0.25) is 0 Å². The molecule has 0 aliphatic rings. The van der Waals surface area contributed by atoms with Gasteiger partial charge in [-0.15, -0.1) is 0 Å². The molecule has 12 heavy (non-hydrogen) atoms. The largest absolute Gasteiger partial charge is 0.309 e. The first-order chi connectivity index (χ1) is 5.77. The third-order valence-corrected chi connectivity index (χ3v) is 1.42. The fourth-order valence-electron chi connectivity index (χ4n) is 0.777. The number of hydrogen-bond acceptors (Lipinski definition) is 2. The van der Waals surface area contributed by atoms with Gasteiger partial charge < -0.3 is 5.32 Å². The van der Waals surface area contributed by atoms with Crippen molar-refractivity contribution in [1.82, 2.24) is 9.78 Å². The van der Waals surface area contributed by atoms with Gasteiger partial charge in [0.25, 0.3) is 0 Å². The maximum atomic E-state index is 3.98. The van der Waals surface area contributed by atoms with E-state index in [4.69, 9.17) is 0 Å². The molecule has 0 fully saturated rings. The minimum Gasteiger partial charge on any atom is -0.309 e. The average molecular weight is 165 g/mol. The number of aliphatic imine (C=N–C) groups is 2. The van der Waals surface area contributed by atoms with E-state index in [-0.39, 0.29) is 0 Å². The molecule has 5 heteroatoms. The van der Waals surface area contributed by atoms with Crippen LogP contribution >= 0.6 is 0 Å². The van der Waals surface area contributed by atoms with Crippen LogP contribution in [0.5, 0.6) is 0 Å². The number of aryl methyl sites for hydroxylation is 1. The summed E-state index contributed by atoms with van der Waals surface area (Å²) < 4.78 is 1.69. The van der Waals surface area contributed by atoms with Crippen LogP contribution in [0.3, 0.4) is 0 Å². The van der Waals surface area contributed by atoms with Gasteiger partial charge in [-0.3, -0.25) is 9.67 Å². The number of rotatable bonds is 1. The van der Waals surface area contributed by atoms with Crippen LogP contribution in [0.15, 0.2) is 22.2 Å². The molecule has 0 aromatic carbocycles. The third-order valence-electron chi connectivity index (χ3n) is 1.42. The molecule has 5 nitrogen and oxygen atoms in total. The highest BCUT2D eigenvalue weighted by Gasteiger charge is 1.98. The molecule has 0 amide bonds. The zero-order valence-electron chi connectivity index (χ0n) is 7.15. The number of anilines is 1. The quantitative estimate of drug-likeness (QED) is 0.487. The van der Waals surface area contributed by atoms with Crippen LogP contribution in [0.1, 0.15) is 0 Å². The van der Waals surface area contributed by atoms with Crippen LogP contribution in [0.25, 0.3) is 0 Å². The first kappa shape index (κ1) is 8.45. The monoisotopic (exact) mass is 165 g/mol. The molecular weight excluding hydrogens is 154 g/mol. The lowest BCUT2D eigenvalue weighted by Gasteiger charge is -2.03. The lowest BCUT2D eigenvalue weighted by molar-refractivity contribution is 0.777. The zero-order chi connectivity index (χ0) is 8.97. The number of hydrogen-bond donors (Lipinski definition) is 1. The van der Waals surface area contributed by atoms with E-state index in [1.54, 1.807) is 17.9 Å². The standard InChI is InChI=1S/C7H11N5/c1-8-7(9-2)11-6-4-5-10-12(6)3/h4-5H,1H2,2-3H3,(H,9,11). The Morgan fingerprint density at radius 2 is 2.50 bits per heavy atom. The number of nitrogens with zero attached hydrogens (tertiary/aromatic N) is 4. The highest BCUT2D eigenvalue weighted by molar-refractivity contribution is 5.95. The minimum atomic E-state index is 0.485. The molecule has 0 aliphatic heterocycles. The van der Waals surface area contributed by atoms with Crippen LogP contribution in [0, 0.1) is 0 Å². The van der Waals surface area contributed by atoms with E-state index < -0.39 is 0 Å². The van der Waals surface area contributed by atoms with Gasteiger partial charge in [0, 0.05) is 20.2 Å². The fourth-order valence-corrected chi connectivity index (χ4v) is 0.777. The van der Waals surface area contributed by atoms with E-state index in [0.717, 1.165) is 5.82 Å². The van der Waals surface area contributed by atoms with Crippen molar-refractivity contribution in [3.05, 3.63) is 12.3 Å². The Morgan fingerprint density at radius 1 is 1.75 bits per heavy atom. The zero-order valence-corrected chi connectivity index (χ0v) is 7.15. The van der Waals surface area contributed by atoms with Gasteiger partial charge in [0.05, 0.1) is 6.20 Å². The van der Waals surface area contributed by atoms with Gasteiger partial charge in [-0.1, -0.05) is 0 Å². The van der Waals surface area contributed by atoms with Gasteiger partial charge in [0.15, 0.2) is 0 Å². The predicted molar refractivity (Wildman–Crippen MR) is 49.7 cm³/mol. The maximum Gasteiger partial charge on any atom is 0.222 e. The van der Waals surface area contributed by atoms with E-state index in [2.05, 4.69) is 27.1 Å². The lowest BCUT2D eigenvalue weighted by Crippen LogP contribution is -2.11. The lowest BCUT2D eigenvalue weighted by atomic mass is 10.6. The Balaban J connectivity index is 2.75. The molecule has 0 spiro atoms. The smallest absolute Gasteiger partial charge is 0.222 e. The SMILES string of the molecule is C=NC(=NC)Nc1ccnn1C. The van der Waals surface area contributed by atoms with Crippen molar-refractivity contribution < 1.29 is 0 Å². The minimum absolute atomic E-state index is 0.485. The summed E-state index contributed by atoms with van der Waals surface area (Å²) >= 11 is 0. The molecule has 0 saturated carbocycles. The molecule has 0 unspecified atom stereocenters. The fraction of sp³-hybridized carbons (Fsp3) is 0.286. The molecule has 1 aromatic heterocycles. The normalized spacial score (nSPS) is 11.3. The summed E-state index contributed by atoms with van der Waals surface area (Å²) in [6.45, 7) is 3.37. The Bertz CT molecular complexity index is 299. The second kappa shape index (κ2) is 3.66. The summed E-state index contributed by atoms with van der Waals surface area (Å²) in [7, 11) is 3.48. The predicted octanol–water partition coefficient (Wildman–Crippen LogP) is 0.518. The summed E-state index contributed by atoms with van der Waals surface area (Å²) in [4.78, 5) is 7.53. The van der Waals surface area contributed by atoms with Crippen molar-refractivity contribution in [2.45, 2.75) is 0 Å². The molecule has 0 radical (unpaired) electrons. The van der Waals surface area contributed by atoms with Gasteiger partial charge in [0.1, 0.15) is 5.82 Å². The van der Waals surface area contributed by atoms with Gasteiger partial charge in [0.2, 0.25) is 5.96 Å². The summed E-state index contributed by atoms with van der Waals surface area (Å²) in [5.41, 5.74) is 0. The average Bonchev–Trinajstić information content (AvgIpc) is 2.47. The molecule has 1 heterocycles. The van der Waals surface area contributed by atoms with Gasteiger partial charge in [-0.05, 0) is 6.72 Å². The molecule has 0 aliphatic carbocycles. The summed E-state index contributed by atoms with van der Waals surface area (Å²) in [5, 5.41) is 6.92. The van der Waals surface area contributed by atoms with Crippen LogP contribution in [-0.2, 0) is 7.05 Å². The van der Waals surface area contributed by atoms with E-state index >= 15 is 0 Å². The number of guanidine groups is 1. The van der Waals surface area contributed by atoms with Crippen LogP contribution in [-0.4, -0.2) is 29.5 Å². The van der Waals surface area contributed by atoms with Gasteiger partial charge in [-0.2, -0.15) is 5.10 Å². The first-order valence-corrected chi connectivity index (χ1v) is 3.46. The molecule has 64 valence electrons. The van der Waals surface area contributed by atoms with E-state index in [1.165, 1.54) is 0 Å². The van der Waals surface area contributed by atoms with Crippen molar-refractivity contribution in [2.75, 3.05) is 12.4 Å². The Hall–Kier alpha value is -1.65. The molecular formula is C7H11N5. The summed E-state index contributed by atoms with van der Waals surface area (Å²) in [5.74, 6) is 1.32. The molecule has 0 bridgehead atoms. The van der Waals surface area contributed by atoms with E-state index in [1.807, 2.05) is 13.1 Å². The topological polar surface area (TPSA) is 54.6 Å². The Labute approximate surface area is 70.8 Å². The van der Waals surface area contributed by atoms with Crippen molar-refractivity contribution in [2.24, 2.45) is 17.0 Å². The molecule has 1 N–H and O–H groups in total. The molecule has 0 saturated heterocycles. The third kappa shape index (κ3) is 1.69. The Kier molecular flexibility index (Phi) is 2.57. The highest BCUT2D eigenvalue weighted by Crippen LogP contribution is 2.02. The molecule has 0 atom stereocenters. The Morgan fingerprint density at radius 3 is 2.92 bits per heavy atom. The summed E-state index contributed by atoms with van der Waals surface area (Å²) in [6, 6.07) is 1.83. The van der Waals surface area contributed by atoms with Crippen molar-refractivity contribution in [3.63, 3.8) is 0 Å². The van der Waals surface area contributed by atoms with Gasteiger partial charge in [-0.25, -0.2) is 4.99 Å². The highest BCUT2D eigenvalue weighted by atomic mass is 15.3. The maximum absolute atomic E-state index is 3.98. The van der Waals surface area contributed by atoms with Crippen molar-refractivity contribution in [3.8, 4) is 0 Å². The number of aromatic nitrogens is 2. The number of nitrogens with one attached hydrogen (secondary N) is 1. The van der Waals surface area contributed by atoms with Crippen molar-refractivity contribution in [1.29, 1.82) is 0 Å². The molecule has 1 rings (SSSR count).